The van der Waals surface area contributed by atoms with Crippen LogP contribution >= 0.6 is 0 Å². The Morgan fingerprint density at radius 2 is 1.50 bits per heavy atom. The SMILES string of the molecule is CC(C)c1cc(-c2ncc[c]3c2-c2cccc[c]2[Ge]3([CH3])[CH3])[c-]c2ccccc12.CCC(CC)C(=O)/C=C(\O)C(CC)CC.[Ir]. The number of aromatic nitrogens is 1. The van der Waals surface area contributed by atoms with Gasteiger partial charge in [0.1, 0.15) is 0 Å². The summed E-state index contributed by atoms with van der Waals surface area (Å²) in [6.07, 6.45) is 6.91. The van der Waals surface area contributed by atoms with E-state index in [-0.39, 0.29) is 43.5 Å². The van der Waals surface area contributed by atoms with Gasteiger partial charge in [-0.1, -0.05) is 27.7 Å². The smallest absolute Gasteiger partial charge is 0.162 e. The Labute approximate surface area is 281 Å². The van der Waals surface area contributed by atoms with Gasteiger partial charge >= 0.3 is 170 Å². The van der Waals surface area contributed by atoms with Crippen LogP contribution < -0.4 is 8.79 Å². The van der Waals surface area contributed by atoms with Gasteiger partial charge in [0, 0.05) is 38.0 Å². The van der Waals surface area contributed by atoms with Crippen molar-refractivity contribution in [1.82, 2.24) is 4.98 Å². The van der Waals surface area contributed by atoms with Crippen LogP contribution in [-0.4, -0.2) is 29.1 Å². The first-order valence-electron chi connectivity index (χ1n) is 16.1. The van der Waals surface area contributed by atoms with E-state index in [9.17, 15) is 9.90 Å². The van der Waals surface area contributed by atoms with E-state index in [1.807, 2.05) is 33.9 Å². The van der Waals surface area contributed by atoms with Crippen molar-refractivity contribution < 1.29 is 30.0 Å². The van der Waals surface area contributed by atoms with Gasteiger partial charge in [0.2, 0.25) is 0 Å². The van der Waals surface area contributed by atoms with Gasteiger partial charge in [0.05, 0.1) is 5.76 Å². The molecule has 0 saturated carbocycles. The fourth-order valence-corrected chi connectivity index (χ4v) is 12.9. The number of fused-ring (bicyclic) bond motifs is 4. The van der Waals surface area contributed by atoms with Gasteiger partial charge in [-0.25, -0.2) is 0 Å². The predicted molar refractivity (Wildman–Crippen MR) is 186 cm³/mol. The molecule has 1 aliphatic heterocycles. The summed E-state index contributed by atoms with van der Waals surface area (Å²) in [7, 11) is 0. The maximum atomic E-state index is 11.7. The van der Waals surface area contributed by atoms with Gasteiger partial charge in [-0.3, -0.25) is 4.79 Å². The largest absolute Gasteiger partial charge is 0.512 e. The molecule has 0 spiro atoms. The molecule has 0 atom stereocenters. The van der Waals surface area contributed by atoms with E-state index in [4.69, 9.17) is 4.98 Å². The minimum Gasteiger partial charge on any atom is -0.512 e. The first-order chi connectivity index (χ1) is 20.6. The summed E-state index contributed by atoms with van der Waals surface area (Å²) in [6, 6.07) is 25.8. The first-order valence-corrected chi connectivity index (χ1v) is 22.4. The number of carbonyl (C=O) groups excluding carboxylic acids is 1. The average Bonchev–Trinajstić information content (AvgIpc) is 3.24. The summed E-state index contributed by atoms with van der Waals surface area (Å²) in [5.41, 5.74) is 6.32. The van der Waals surface area contributed by atoms with E-state index >= 15 is 0 Å². The molecule has 44 heavy (non-hydrogen) atoms. The number of benzene rings is 3. The summed E-state index contributed by atoms with van der Waals surface area (Å²) in [6.45, 7) is 12.6. The first kappa shape index (κ1) is 35.9. The van der Waals surface area contributed by atoms with E-state index in [2.05, 4.69) is 92.1 Å². The van der Waals surface area contributed by atoms with Crippen LogP contribution in [0.5, 0.6) is 0 Å². The van der Waals surface area contributed by atoms with Crippen molar-refractivity contribution in [3.8, 4) is 22.4 Å². The van der Waals surface area contributed by atoms with Crippen molar-refractivity contribution in [3.05, 3.63) is 90.3 Å². The number of allylic oxidation sites excluding steroid dienone is 2. The monoisotopic (exact) mass is 829 g/mol. The molecule has 3 nitrogen and oxygen atoms in total. The molecule has 0 unspecified atom stereocenters. The number of hydrogen-bond acceptors (Lipinski definition) is 3. The average molecular weight is 828 g/mol. The number of ketones is 1. The molecule has 0 amide bonds. The van der Waals surface area contributed by atoms with Gasteiger partial charge in [0.15, 0.2) is 5.78 Å². The van der Waals surface area contributed by atoms with Gasteiger partial charge < -0.3 is 5.11 Å². The fraction of sp³-hybridized carbons (Fsp3) is 0.385. The summed E-state index contributed by atoms with van der Waals surface area (Å²) in [5.74, 6) is 6.00. The van der Waals surface area contributed by atoms with Gasteiger partial charge in [0.25, 0.3) is 0 Å². The molecular weight excluding hydrogens is 779 g/mol. The zero-order valence-corrected chi connectivity index (χ0v) is 32.1. The van der Waals surface area contributed by atoms with Crippen molar-refractivity contribution >= 4 is 38.6 Å². The van der Waals surface area contributed by atoms with E-state index < -0.39 is 13.3 Å². The fourth-order valence-electron chi connectivity index (χ4n) is 6.49. The quantitative estimate of drug-likeness (QED) is 0.0793. The molecule has 1 N–H and O–H groups in total. The third kappa shape index (κ3) is 7.30. The molecule has 1 aromatic heterocycles. The van der Waals surface area contributed by atoms with Crippen molar-refractivity contribution in [2.45, 2.75) is 84.7 Å². The third-order valence-electron chi connectivity index (χ3n) is 9.26. The summed E-state index contributed by atoms with van der Waals surface area (Å²) < 4.78 is 3.11. The minimum atomic E-state index is -2.28. The van der Waals surface area contributed by atoms with Crippen LogP contribution in [0, 0.1) is 17.9 Å². The van der Waals surface area contributed by atoms with Crippen molar-refractivity contribution in [2.24, 2.45) is 11.8 Å². The molecule has 2 heterocycles. The molecular formula is C39H48GeIrNO2-. The normalized spacial score (nSPS) is 13.4. The van der Waals surface area contributed by atoms with E-state index in [0.717, 1.165) is 36.9 Å². The molecule has 3 aromatic carbocycles. The molecule has 0 fully saturated rings. The molecule has 5 heteroatoms. The second-order valence-corrected chi connectivity index (χ2v) is 21.7. The Morgan fingerprint density at radius 1 is 0.886 bits per heavy atom. The third-order valence-corrected chi connectivity index (χ3v) is 16.7. The topological polar surface area (TPSA) is 50.2 Å². The van der Waals surface area contributed by atoms with Crippen LogP contribution in [0.2, 0.25) is 11.5 Å². The van der Waals surface area contributed by atoms with Crippen molar-refractivity contribution in [3.63, 3.8) is 0 Å². The van der Waals surface area contributed by atoms with Crippen molar-refractivity contribution in [2.75, 3.05) is 0 Å². The number of hydrogen-bond donors (Lipinski definition) is 1. The Balaban J connectivity index is 0.000000286. The van der Waals surface area contributed by atoms with E-state index in [0.29, 0.717) is 5.92 Å². The summed E-state index contributed by atoms with van der Waals surface area (Å²) in [5, 5.41) is 12.2. The van der Waals surface area contributed by atoms with Crippen LogP contribution in [0.25, 0.3) is 33.2 Å². The molecule has 4 aromatic rings. The Bertz CT molecular complexity index is 1620. The summed E-state index contributed by atoms with van der Waals surface area (Å²) >= 11 is -2.28. The van der Waals surface area contributed by atoms with Crippen LogP contribution in [0.4, 0.5) is 0 Å². The van der Waals surface area contributed by atoms with Crippen LogP contribution in [0.3, 0.4) is 0 Å². The second kappa shape index (κ2) is 15.7. The maximum absolute atomic E-state index is 11.7. The molecule has 0 bridgehead atoms. The number of carbonyl (C=O) groups is 1. The van der Waals surface area contributed by atoms with Crippen molar-refractivity contribution in [1.29, 1.82) is 0 Å². The van der Waals surface area contributed by atoms with Crippen LogP contribution in [0.1, 0.15) is 78.7 Å². The zero-order valence-electron chi connectivity index (χ0n) is 27.6. The number of aliphatic hydroxyl groups excluding tert-OH is 1. The number of pyridine rings is 1. The summed E-state index contributed by atoms with van der Waals surface area (Å²) in [4.78, 5) is 16.6. The van der Waals surface area contributed by atoms with Gasteiger partial charge in [-0.05, 0) is 25.7 Å². The number of aliphatic hydroxyl groups is 1. The molecule has 0 aliphatic carbocycles. The van der Waals surface area contributed by atoms with E-state index in [1.54, 1.807) is 8.79 Å². The predicted octanol–water partition coefficient (Wildman–Crippen LogP) is 9.50. The van der Waals surface area contributed by atoms with Crippen LogP contribution in [-0.2, 0) is 24.9 Å². The molecule has 0 saturated heterocycles. The molecule has 1 radical (unpaired) electrons. The minimum absolute atomic E-state index is 0. The maximum Gasteiger partial charge on any atom is 0.162 e. The van der Waals surface area contributed by atoms with Gasteiger partial charge in [-0.15, -0.1) is 0 Å². The number of nitrogens with zero attached hydrogens (tertiary/aromatic N) is 1. The Kier molecular flexibility index (Phi) is 12.8. The molecule has 1 aliphatic rings. The van der Waals surface area contributed by atoms with Crippen LogP contribution in [0.15, 0.2) is 78.7 Å². The second-order valence-electron chi connectivity index (χ2n) is 12.6. The van der Waals surface area contributed by atoms with Gasteiger partial charge in [-0.2, -0.15) is 0 Å². The molecule has 235 valence electrons. The zero-order chi connectivity index (χ0) is 31.3. The Morgan fingerprint density at radius 3 is 2.14 bits per heavy atom. The standard InChI is InChI=1S/C26H24GeN.C13H24O2.Ir/c1-17(2)22-16-19(15-18-9-5-6-10-20(18)22)26-25-21-11-7-8-12-23(21)27(3,4)24(25)13-14-28-26;1-5-10(6-2)12(14)9-13(15)11(7-3)8-4;/h5-14,16-17H,1-4H3;9-11,14H,5-8H2,1-4H3;/q-1;;/b;12-9-;. The Hall–Kier alpha value is -2.53. The number of rotatable bonds is 9. The van der Waals surface area contributed by atoms with E-state index in [1.165, 1.54) is 33.5 Å². The molecule has 5 rings (SSSR count).